The van der Waals surface area contributed by atoms with Crippen molar-refractivity contribution in [1.82, 2.24) is 0 Å². The molecule has 2 N–H and O–H groups in total. The van der Waals surface area contributed by atoms with E-state index in [-0.39, 0.29) is 0 Å². The van der Waals surface area contributed by atoms with E-state index in [9.17, 15) is 0 Å². The zero-order valence-electron chi connectivity index (χ0n) is 11.4. The molecule has 18 heavy (non-hydrogen) atoms. The molecule has 0 spiro atoms. The smallest absolute Gasteiger partial charge is 0.0821 e. The molecule has 4 nitrogen and oxygen atoms in total. The SMILES string of the molecule is CC1=CCCCC1=NO.C[C@@H]1CCCC/C1=N/O. The Morgan fingerprint density at radius 2 is 1.89 bits per heavy atom. The van der Waals surface area contributed by atoms with Crippen molar-refractivity contribution in [3.8, 4) is 0 Å². The maximum absolute atomic E-state index is 8.45. The van der Waals surface area contributed by atoms with Gasteiger partial charge in [0.15, 0.2) is 0 Å². The minimum atomic E-state index is 0.517. The normalized spacial score (nSPS) is 28.6. The zero-order chi connectivity index (χ0) is 13.4. The summed E-state index contributed by atoms with van der Waals surface area (Å²) in [5.74, 6) is 0.517. The monoisotopic (exact) mass is 252 g/mol. The molecule has 0 amide bonds. The van der Waals surface area contributed by atoms with Gasteiger partial charge in [-0.1, -0.05) is 29.7 Å². The molecule has 2 aliphatic carbocycles. The maximum atomic E-state index is 8.45. The summed E-state index contributed by atoms with van der Waals surface area (Å²) >= 11 is 0. The molecule has 0 radical (unpaired) electrons. The second-order valence-corrected chi connectivity index (χ2v) is 5.06. The second kappa shape index (κ2) is 7.90. The van der Waals surface area contributed by atoms with E-state index >= 15 is 0 Å². The Bertz CT molecular complexity index is 346. The highest BCUT2D eigenvalue weighted by molar-refractivity contribution is 5.99. The van der Waals surface area contributed by atoms with Crippen LogP contribution in [0.4, 0.5) is 0 Å². The third-order valence-electron chi connectivity index (χ3n) is 3.66. The first kappa shape index (κ1) is 14.7. The minimum absolute atomic E-state index is 0.517. The van der Waals surface area contributed by atoms with Crippen molar-refractivity contribution in [1.29, 1.82) is 0 Å². The van der Waals surface area contributed by atoms with Crippen LogP contribution in [0.25, 0.3) is 0 Å². The Morgan fingerprint density at radius 1 is 1.11 bits per heavy atom. The van der Waals surface area contributed by atoms with Crippen molar-refractivity contribution in [2.24, 2.45) is 16.2 Å². The first-order valence-corrected chi connectivity index (χ1v) is 6.78. The number of allylic oxidation sites excluding steroid dienone is 2. The van der Waals surface area contributed by atoms with Gasteiger partial charge in [-0.2, -0.15) is 0 Å². The quantitative estimate of drug-likeness (QED) is 0.506. The summed E-state index contributed by atoms with van der Waals surface area (Å²) < 4.78 is 0. The van der Waals surface area contributed by atoms with Gasteiger partial charge in [0.1, 0.15) is 0 Å². The standard InChI is InChI=1S/C7H13NO.C7H11NO/c2*1-6-4-2-3-5-7(6)8-9/h6,9H,2-5H2,1H3;4,9H,2-3,5H2,1H3/b8-7-;/t6-;/m1./s1. The van der Waals surface area contributed by atoms with Gasteiger partial charge in [0, 0.05) is 0 Å². The molecule has 0 unspecified atom stereocenters. The maximum Gasteiger partial charge on any atom is 0.0821 e. The largest absolute Gasteiger partial charge is 0.411 e. The third kappa shape index (κ3) is 4.51. The molecule has 0 aliphatic heterocycles. The van der Waals surface area contributed by atoms with Crippen molar-refractivity contribution in [2.45, 2.75) is 58.8 Å². The Labute approximate surface area is 109 Å². The predicted octanol–water partition coefficient (Wildman–Crippen LogP) is 3.97. The van der Waals surface area contributed by atoms with Gasteiger partial charge in [0.05, 0.1) is 11.4 Å². The minimum Gasteiger partial charge on any atom is -0.411 e. The lowest BCUT2D eigenvalue weighted by Crippen LogP contribution is -2.15. The summed E-state index contributed by atoms with van der Waals surface area (Å²) in [5.41, 5.74) is 2.96. The van der Waals surface area contributed by atoms with Gasteiger partial charge < -0.3 is 10.4 Å². The van der Waals surface area contributed by atoms with Crippen LogP contribution >= 0.6 is 0 Å². The molecule has 0 bridgehead atoms. The van der Waals surface area contributed by atoms with Crippen molar-refractivity contribution in [2.75, 3.05) is 0 Å². The van der Waals surface area contributed by atoms with E-state index in [1.165, 1.54) is 19.3 Å². The molecule has 4 heteroatoms. The summed E-state index contributed by atoms with van der Waals surface area (Å²) in [7, 11) is 0. The van der Waals surface area contributed by atoms with Gasteiger partial charge >= 0.3 is 0 Å². The van der Waals surface area contributed by atoms with E-state index in [4.69, 9.17) is 10.4 Å². The predicted molar refractivity (Wildman–Crippen MR) is 73.7 cm³/mol. The molecular weight excluding hydrogens is 228 g/mol. The number of oxime groups is 2. The number of rotatable bonds is 0. The molecule has 0 heterocycles. The number of hydrogen-bond acceptors (Lipinski definition) is 4. The third-order valence-corrected chi connectivity index (χ3v) is 3.66. The average molecular weight is 252 g/mol. The zero-order valence-corrected chi connectivity index (χ0v) is 11.4. The van der Waals surface area contributed by atoms with Gasteiger partial charge in [-0.15, -0.1) is 0 Å². The molecule has 1 atom stereocenters. The first-order chi connectivity index (χ1) is 8.69. The van der Waals surface area contributed by atoms with Gasteiger partial charge in [-0.25, -0.2) is 0 Å². The van der Waals surface area contributed by atoms with Gasteiger partial charge in [0.2, 0.25) is 0 Å². The van der Waals surface area contributed by atoms with Crippen LogP contribution in [0.2, 0.25) is 0 Å². The Morgan fingerprint density at radius 3 is 2.33 bits per heavy atom. The molecule has 0 saturated heterocycles. The van der Waals surface area contributed by atoms with Gasteiger partial charge in [-0.05, 0) is 56.9 Å². The molecule has 0 aromatic rings. The number of nitrogens with zero attached hydrogens (tertiary/aromatic N) is 2. The lowest BCUT2D eigenvalue weighted by molar-refractivity contribution is 0.310. The summed E-state index contributed by atoms with van der Waals surface area (Å²) in [6.45, 7) is 4.10. The van der Waals surface area contributed by atoms with Crippen LogP contribution in [0.5, 0.6) is 0 Å². The Kier molecular flexibility index (Phi) is 6.47. The van der Waals surface area contributed by atoms with E-state index in [1.54, 1.807) is 0 Å². The summed E-state index contributed by atoms with van der Waals surface area (Å²) in [6.07, 6.45) is 9.97. The van der Waals surface area contributed by atoms with Crippen molar-refractivity contribution in [3.05, 3.63) is 11.6 Å². The first-order valence-electron chi connectivity index (χ1n) is 6.78. The van der Waals surface area contributed by atoms with Crippen LogP contribution in [0.15, 0.2) is 22.0 Å². The van der Waals surface area contributed by atoms with E-state index in [0.717, 1.165) is 42.7 Å². The average Bonchev–Trinajstić information content (AvgIpc) is 2.41. The van der Waals surface area contributed by atoms with Crippen LogP contribution in [0, 0.1) is 5.92 Å². The summed E-state index contributed by atoms with van der Waals surface area (Å²) in [5, 5.41) is 23.3. The van der Waals surface area contributed by atoms with Crippen LogP contribution in [-0.2, 0) is 0 Å². The highest BCUT2D eigenvalue weighted by Gasteiger charge is 2.15. The lowest BCUT2D eigenvalue weighted by Gasteiger charge is -2.17. The van der Waals surface area contributed by atoms with Gasteiger partial charge in [0.25, 0.3) is 0 Å². The van der Waals surface area contributed by atoms with E-state index < -0.39 is 0 Å². The number of hydrogen-bond donors (Lipinski definition) is 2. The van der Waals surface area contributed by atoms with Crippen molar-refractivity contribution in [3.63, 3.8) is 0 Å². The molecule has 0 aromatic carbocycles. The topological polar surface area (TPSA) is 65.2 Å². The van der Waals surface area contributed by atoms with Crippen LogP contribution in [0.3, 0.4) is 0 Å². The van der Waals surface area contributed by atoms with Crippen LogP contribution in [-0.4, -0.2) is 21.8 Å². The molecule has 102 valence electrons. The summed E-state index contributed by atoms with van der Waals surface area (Å²) in [4.78, 5) is 0. The fourth-order valence-electron chi connectivity index (χ4n) is 2.35. The van der Waals surface area contributed by atoms with E-state index in [1.807, 2.05) is 6.92 Å². The van der Waals surface area contributed by atoms with Gasteiger partial charge in [-0.3, -0.25) is 0 Å². The lowest BCUT2D eigenvalue weighted by atomic mass is 9.89. The molecule has 0 aromatic heterocycles. The Balaban J connectivity index is 0.000000180. The molecule has 1 fully saturated rings. The fraction of sp³-hybridized carbons (Fsp3) is 0.714. The van der Waals surface area contributed by atoms with E-state index in [0.29, 0.717) is 5.92 Å². The highest BCUT2D eigenvalue weighted by atomic mass is 16.4. The highest BCUT2D eigenvalue weighted by Crippen LogP contribution is 2.20. The van der Waals surface area contributed by atoms with Crippen molar-refractivity contribution < 1.29 is 10.4 Å². The second-order valence-electron chi connectivity index (χ2n) is 5.06. The molecule has 2 aliphatic rings. The molecule has 2 rings (SSSR count). The fourth-order valence-corrected chi connectivity index (χ4v) is 2.35. The Hall–Kier alpha value is -1.32. The van der Waals surface area contributed by atoms with Crippen LogP contribution < -0.4 is 0 Å². The summed E-state index contributed by atoms with van der Waals surface area (Å²) in [6, 6.07) is 0. The van der Waals surface area contributed by atoms with Crippen LogP contribution in [0.1, 0.15) is 58.8 Å². The van der Waals surface area contributed by atoms with Crippen molar-refractivity contribution >= 4 is 11.4 Å². The van der Waals surface area contributed by atoms with E-state index in [2.05, 4.69) is 23.3 Å². The molecular formula is C14H24N2O2. The molecule has 1 saturated carbocycles.